The van der Waals surface area contributed by atoms with Crippen molar-refractivity contribution < 1.29 is 14.3 Å². The normalized spacial score (nSPS) is 18.6. The third-order valence-corrected chi connectivity index (χ3v) is 2.80. The number of carbonyl (C=O) groups is 1. The molecule has 18 heavy (non-hydrogen) atoms. The van der Waals surface area contributed by atoms with E-state index in [0.29, 0.717) is 18.0 Å². The van der Waals surface area contributed by atoms with Crippen LogP contribution in [0.15, 0.2) is 24.3 Å². The maximum Gasteiger partial charge on any atom is 0.258 e. The Morgan fingerprint density at radius 3 is 2.89 bits per heavy atom. The van der Waals surface area contributed by atoms with Gasteiger partial charge in [0.2, 0.25) is 0 Å². The Bertz CT molecular complexity index is 386. The zero-order valence-electron chi connectivity index (χ0n) is 10.2. The summed E-state index contributed by atoms with van der Waals surface area (Å²) in [5.74, 6) is 0.499. The summed E-state index contributed by atoms with van der Waals surface area (Å²) >= 11 is 0. The first-order chi connectivity index (χ1) is 8.74. The van der Waals surface area contributed by atoms with E-state index in [4.69, 9.17) is 15.2 Å². The van der Waals surface area contributed by atoms with Gasteiger partial charge in [0, 0.05) is 18.8 Å². The molecule has 0 radical (unpaired) electrons. The average molecular weight is 250 g/mol. The van der Waals surface area contributed by atoms with Gasteiger partial charge in [-0.25, -0.2) is 0 Å². The minimum Gasteiger partial charge on any atom is -0.484 e. The molecule has 5 heteroatoms. The van der Waals surface area contributed by atoms with Crippen LogP contribution in [0.5, 0.6) is 5.75 Å². The van der Waals surface area contributed by atoms with Crippen LogP contribution in [-0.4, -0.2) is 31.8 Å². The second-order valence-electron chi connectivity index (χ2n) is 4.30. The molecule has 1 aromatic rings. The Balaban J connectivity index is 1.66. The Kier molecular flexibility index (Phi) is 4.41. The van der Waals surface area contributed by atoms with Crippen LogP contribution in [0.1, 0.15) is 12.8 Å². The summed E-state index contributed by atoms with van der Waals surface area (Å²) in [4.78, 5) is 11.5. The van der Waals surface area contributed by atoms with Crippen LogP contribution in [-0.2, 0) is 9.53 Å². The van der Waals surface area contributed by atoms with Crippen molar-refractivity contribution in [3.63, 3.8) is 0 Å². The predicted octanol–water partition coefficient (Wildman–Crippen LogP) is 0.943. The molecule has 5 nitrogen and oxygen atoms in total. The second kappa shape index (κ2) is 6.26. The molecule has 0 spiro atoms. The van der Waals surface area contributed by atoms with Gasteiger partial charge in [0.1, 0.15) is 5.75 Å². The van der Waals surface area contributed by atoms with Crippen molar-refractivity contribution in [3.05, 3.63) is 24.3 Å². The minimum absolute atomic E-state index is 0.0106. The number of ether oxygens (including phenoxy) is 2. The molecule has 1 aliphatic rings. The highest BCUT2D eigenvalue weighted by molar-refractivity contribution is 5.77. The van der Waals surface area contributed by atoms with Gasteiger partial charge in [0.25, 0.3) is 5.91 Å². The first-order valence-electron chi connectivity index (χ1n) is 6.10. The standard InChI is InChI=1S/C13H18N2O3/c14-10-3-5-11(6-4-10)18-9-13(16)15-8-12-2-1-7-17-12/h3-6,12H,1-2,7-9,14H2,(H,15,16). The van der Waals surface area contributed by atoms with Gasteiger partial charge in [-0.2, -0.15) is 0 Å². The lowest BCUT2D eigenvalue weighted by Crippen LogP contribution is -2.35. The molecule has 0 saturated carbocycles. The number of nitrogen functional groups attached to an aromatic ring is 1. The summed E-state index contributed by atoms with van der Waals surface area (Å²) in [6, 6.07) is 6.95. The zero-order valence-corrected chi connectivity index (χ0v) is 10.2. The molecular formula is C13H18N2O3. The second-order valence-corrected chi connectivity index (χ2v) is 4.30. The highest BCUT2D eigenvalue weighted by Crippen LogP contribution is 2.13. The van der Waals surface area contributed by atoms with Gasteiger partial charge in [0.05, 0.1) is 6.10 Å². The number of carbonyl (C=O) groups excluding carboxylic acids is 1. The molecule has 1 fully saturated rings. The van der Waals surface area contributed by atoms with Gasteiger partial charge in [0.15, 0.2) is 6.61 Å². The number of hydrogen-bond donors (Lipinski definition) is 2. The van der Waals surface area contributed by atoms with Crippen LogP contribution >= 0.6 is 0 Å². The molecule has 1 atom stereocenters. The molecule has 1 aliphatic heterocycles. The van der Waals surface area contributed by atoms with E-state index < -0.39 is 0 Å². The van der Waals surface area contributed by atoms with Crippen molar-refractivity contribution in [2.75, 3.05) is 25.5 Å². The Morgan fingerprint density at radius 1 is 1.44 bits per heavy atom. The van der Waals surface area contributed by atoms with Crippen molar-refractivity contribution >= 4 is 11.6 Å². The summed E-state index contributed by atoms with van der Waals surface area (Å²) in [6.45, 7) is 1.36. The van der Waals surface area contributed by atoms with E-state index in [0.717, 1.165) is 19.4 Å². The lowest BCUT2D eigenvalue weighted by molar-refractivity contribution is -0.123. The molecule has 98 valence electrons. The van der Waals surface area contributed by atoms with Crippen molar-refractivity contribution in [1.82, 2.24) is 5.32 Å². The predicted molar refractivity (Wildman–Crippen MR) is 68.3 cm³/mol. The highest BCUT2D eigenvalue weighted by atomic mass is 16.5. The minimum atomic E-state index is -0.137. The third kappa shape index (κ3) is 3.92. The summed E-state index contributed by atoms with van der Waals surface area (Å²) in [7, 11) is 0. The zero-order chi connectivity index (χ0) is 12.8. The fourth-order valence-electron chi connectivity index (χ4n) is 1.80. The van der Waals surface area contributed by atoms with Crippen molar-refractivity contribution in [2.45, 2.75) is 18.9 Å². The van der Waals surface area contributed by atoms with Gasteiger partial charge >= 0.3 is 0 Å². The van der Waals surface area contributed by atoms with E-state index in [-0.39, 0.29) is 18.6 Å². The quantitative estimate of drug-likeness (QED) is 0.763. The van der Waals surface area contributed by atoms with Crippen LogP contribution in [0.2, 0.25) is 0 Å². The molecule has 1 aromatic carbocycles. The van der Waals surface area contributed by atoms with E-state index in [1.54, 1.807) is 24.3 Å². The molecule has 0 bridgehead atoms. The molecule has 0 aliphatic carbocycles. The Morgan fingerprint density at radius 2 is 2.22 bits per heavy atom. The average Bonchev–Trinajstić information content (AvgIpc) is 2.89. The van der Waals surface area contributed by atoms with E-state index in [1.807, 2.05) is 0 Å². The van der Waals surface area contributed by atoms with E-state index in [2.05, 4.69) is 5.32 Å². The van der Waals surface area contributed by atoms with Crippen LogP contribution in [0, 0.1) is 0 Å². The Hall–Kier alpha value is -1.75. The van der Waals surface area contributed by atoms with Crippen molar-refractivity contribution in [1.29, 1.82) is 0 Å². The van der Waals surface area contributed by atoms with E-state index >= 15 is 0 Å². The van der Waals surface area contributed by atoms with Crippen molar-refractivity contribution in [2.24, 2.45) is 0 Å². The van der Waals surface area contributed by atoms with Gasteiger partial charge in [-0.05, 0) is 37.1 Å². The third-order valence-electron chi connectivity index (χ3n) is 2.80. The number of hydrogen-bond acceptors (Lipinski definition) is 4. The molecule has 1 saturated heterocycles. The monoisotopic (exact) mass is 250 g/mol. The fraction of sp³-hybridized carbons (Fsp3) is 0.462. The maximum atomic E-state index is 11.5. The number of benzene rings is 1. The summed E-state index contributed by atoms with van der Waals surface area (Å²) < 4.78 is 10.7. The summed E-state index contributed by atoms with van der Waals surface area (Å²) in [5.41, 5.74) is 6.22. The van der Waals surface area contributed by atoms with E-state index in [9.17, 15) is 4.79 Å². The van der Waals surface area contributed by atoms with Gasteiger partial charge in [-0.1, -0.05) is 0 Å². The topological polar surface area (TPSA) is 73.6 Å². The van der Waals surface area contributed by atoms with Crippen LogP contribution in [0.25, 0.3) is 0 Å². The molecule has 1 amide bonds. The number of rotatable bonds is 5. The van der Waals surface area contributed by atoms with Crippen molar-refractivity contribution in [3.8, 4) is 5.75 Å². The van der Waals surface area contributed by atoms with Gasteiger partial charge in [-0.3, -0.25) is 4.79 Å². The molecule has 3 N–H and O–H groups in total. The fourth-order valence-corrected chi connectivity index (χ4v) is 1.80. The lowest BCUT2D eigenvalue weighted by Gasteiger charge is -2.11. The van der Waals surface area contributed by atoms with Crippen LogP contribution in [0.4, 0.5) is 5.69 Å². The van der Waals surface area contributed by atoms with Gasteiger partial charge < -0.3 is 20.5 Å². The van der Waals surface area contributed by atoms with Crippen LogP contribution in [0.3, 0.4) is 0 Å². The number of nitrogens with one attached hydrogen (secondary N) is 1. The smallest absolute Gasteiger partial charge is 0.258 e. The summed E-state index contributed by atoms with van der Waals surface area (Å²) in [5, 5.41) is 2.79. The lowest BCUT2D eigenvalue weighted by atomic mass is 10.2. The summed E-state index contributed by atoms with van der Waals surface area (Å²) in [6.07, 6.45) is 2.24. The number of amides is 1. The largest absolute Gasteiger partial charge is 0.484 e. The number of anilines is 1. The van der Waals surface area contributed by atoms with E-state index in [1.165, 1.54) is 0 Å². The van der Waals surface area contributed by atoms with Gasteiger partial charge in [-0.15, -0.1) is 0 Å². The first kappa shape index (κ1) is 12.7. The SMILES string of the molecule is Nc1ccc(OCC(=O)NCC2CCCO2)cc1. The molecule has 1 unspecified atom stereocenters. The molecule has 2 rings (SSSR count). The number of nitrogens with two attached hydrogens (primary N) is 1. The molecular weight excluding hydrogens is 232 g/mol. The van der Waals surface area contributed by atoms with Crippen LogP contribution < -0.4 is 15.8 Å². The maximum absolute atomic E-state index is 11.5. The molecule has 0 aromatic heterocycles. The Labute approximate surface area is 106 Å². The highest BCUT2D eigenvalue weighted by Gasteiger charge is 2.16. The molecule has 1 heterocycles. The first-order valence-corrected chi connectivity index (χ1v) is 6.10.